The lowest BCUT2D eigenvalue weighted by atomic mass is 9.90. The summed E-state index contributed by atoms with van der Waals surface area (Å²) in [6, 6.07) is 25.5. The van der Waals surface area contributed by atoms with E-state index < -0.39 is 12.6 Å². The molecule has 3 aromatic carbocycles. The molecule has 5 nitrogen and oxygen atoms in total. The van der Waals surface area contributed by atoms with Crippen LogP contribution in [-0.4, -0.2) is 20.5 Å². The van der Waals surface area contributed by atoms with Crippen molar-refractivity contribution in [1.29, 1.82) is 0 Å². The molecule has 4 rings (SSSR count). The molecule has 0 aromatic heterocycles. The number of hydrogen-bond acceptors (Lipinski definition) is 5. The Morgan fingerprint density at radius 1 is 0.679 bits per heavy atom. The lowest BCUT2D eigenvalue weighted by Gasteiger charge is -2.22. The van der Waals surface area contributed by atoms with Gasteiger partial charge in [-0.1, -0.05) is 54.6 Å². The summed E-state index contributed by atoms with van der Waals surface area (Å²) in [6.07, 6.45) is -1.16. The first kappa shape index (κ1) is 18.5. The molecular weight excluding hydrogens is 356 g/mol. The van der Waals surface area contributed by atoms with Crippen LogP contribution >= 0.6 is 0 Å². The van der Waals surface area contributed by atoms with Crippen LogP contribution in [0.3, 0.4) is 0 Å². The highest BCUT2D eigenvalue weighted by molar-refractivity contribution is 5.39. The maximum Gasteiger partial charge on any atom is 0.220 e. The Kier molecular flexibility index (Phi) is 5.58. The van der Waals surface area contributed by atoms with Crippen LogP contribution in [0, 0.1) is 0 Å². The van der Waals surface area contributed by atoms with Gasteiger partial charge in [-0.05, 0) is 35.4 Å². The lowest BCUT2D eigenvalue weighted by Crippen LogP contribution is -2.21. The number of rotatable bonds is 6. The van der Waals surface area contributed by atoms with Gasteiger partial charge in [0.05, 0.1) is 20.1 Å². The van der Waals surface area contributed by atoms with E-state index in [9.17, 15) is 0 Å². The average Bonchev–Trinajstić information content (AvgIpc) is 3.25. The van der Waals surface area contributed by atoms with E-state index >= 15 is 0 Å². The third-order valence-corrected chi connectivity index (χ3v) is 4.79. The summed E-state index contributed by atoms with van der Waals surface area (Å²) in [5, 5.41) is 0. The summed E-state index contributed by atoms with van der Waals surface area (Å²) < 4.78 is 16.7. The van der Waals surface area contributed by atoms with Crippen molar-refractivity contribution in [3.05, 3.63) is 95.6 Å². The molecule has 1 fully saturated rings. The minimum Gasteiger partial charge on any atom is -0.497 e. The Bertz CT molecular complexity index is 830. The molecule has 5 heteroatoms. The van der Waals surface area contributed by atoms with Gasteiger partial charge < -0.3 is 14.2 Å². The Balaban J connectivity index is 1.64. The van der Waals surface area contributed by atoms with Gasteiger partial charge >= 0.3 is 0 Å². The van der Waals surface area contributed by atoms with Gasteiger partial charge in [0.1, 0.15) is 11.5 Å². The van der Waals surface area contributed by atoms with Gasteiger partial charge in [-0.2, -0.15) is 4.89 Å². The lowest BCUT2D eigenvalue weighted by molar-refractivity contribution is -0.300. The minimum absolute atomic E-state index is 0.175. The van der Waals surface area contributed by atoms with E-state index in [1.54, 1.807) is 14.2 Å². The molecule has 0 spiro atoms. The summed E-state index contributed by atoms with van der Waals surface area (Å²) >= 11 is 0. The molecule has 1 heterocycles. The molecular formula is C23H22O5. The Morgan fingerprint density at radius 3 is 1.71 bits per heavy atom. The molecule has 28 heavy (non-hydrogen) atoms. The van der Waals surface area contributed by atoms with Crippen molar-refractivity contribution < 1.29 is 24.0 Å². The summed E-state index contributed by atoms with van der Waals surface area (Å²) in [5.41, 5.74) is 2.98. The van der Waals surface area contributed by atoms with Gasteiger partial charge in [0.15, 0.2) is 0 Å². The van der Waals surface area contributed by atoms with Crippen LogP contribution in [0.1, 0.15) is 28.9 Å². The molecule has 0 saturated carbocycles. The smallest absolute Gasteiger partial charge is 0.220 e. The molecule has 0 amide bonds. The van der Waals surface area contributed by atoms with Crippen LogP contribution in [0.2, 0.25) is 0 Å². The van der Waals surface area contributed by atoms with Crippen molar-refractivity contribution in [3.63, 3.8) is 0 Å². The monoisotopic (exact) mass is 378 g/mol. The molecule has 0 N–H and O–H groups in total. The highest BCUT2D eigenvalue weighted by atomic mass is 17.3. The van der Waals surface area contributed by atoms with Crippen molar-refractivity contribution >= 4 is 0 Å². The molecule has 1 aliphatic heterocycles. The van der Waals surface area contributed by atoms with Crippen LogP contribution in [-0.2, 0) is 14.5 Å². The van der Waals surface area contributed by atoms with E-state index in [2.05, 4.69) is 0 Å². The molecule has 2 unspecified atom stereocenters. The average molecular weight is 378 g/mol. The highest BCUT2D eigenvalue weighted by Crippen LogP contribution is 2.39. The maximum absolute atomic E-state index is 6.12. The number of ether oxygens (including phenoxy) is 3. The summed E-state index contributed by atoms with van der Waals surface area (Å²) in [7, 11) is 3.30. The highest BCUT2D eigenvalue weighted by Gasteiger charge is 2.37. The molecule has 0 aliphatic carbocycles. The molecule has 3 aromatic rings. The number of hydrogen-bond donors (Lipinski definition) is 0. The van der Waals surface area contributed by atoms with Crippen molar-refractivity contribution in [2.75, 3.05) is 14.2 Å². The van der Waals surface area contributed by atoms with Crippen LogP contribution in [0.25, 0.3) is 0 Å². The molecule has 1 aliphatic rings. The van der Waals surface area contributed by atoms with Crippen LogP contribution in [0.15, 0.2) is 78.9 Å². The number of methoxy groups -OCH3 is 2. The predicted octanol–water partition coefficient (Wildman–Crippen LogP) is 4.84. The second-order valence-electron chi connectivity index (χ2n) is 6.46. The van der Waals surface area contributed by atoms with Crippen molar-refractivity contribution in [1.82, 2.24) is 0 Å². The fourth-order valence-electron chi connectivity index (χ4n) is 3.28. The van der Waals surface area contributed by atoms with Crippen LogP contribution < -0.4 is 9.47 Å². The summed E-state index contributed by atoms with van der Waals surface area (Å²) in [5.74, 6) is 1.42. The standard InChI is InChI=1S/C23H22O5/c1-24-19-12-8-16(9-13-19)21(17-10-14-20(25-2)15-11-17)23-26-22(27-28-23)18-6-4-3-5-7-18/h3-15,21-23H,1-2H3. The summed E-state index contributed by atoms with van der Waals surface area (Å²) in [6.45, 7) is 0. The second-order valence-corrected chi connectivity index (χ2v) is 6.46. The second kappa shape index (κ2) is 8.44. The van der Waals surface area contributed by atoms with Gasteiger partial charge in [0.2, 0.25) is 12.6 Å². The molecule has 0 bridgehead atoms. The first-order valence-electron chi connectivity index (χ1n) is 9.09. The third kappa shape index (κ3) is 3.87. The van der Waals surface area contributed by atoms with Crippen LogP contribution in [0.5, 0.6) is 11.5 Å². The quantitative estimate of drug-likeness (QED) is 0.575. The molecule has 0 radical (unpaired) electrons. The Hall–Kier alpha value is -2.86. The zero-order valence-corrected chi connectivity index (χ0v) is 15.8. The molecule has 1 saturated heterocycles. The zero-order chi connectivity index (χ0) is 19.3. The Morgan fingerprint density at radius 2 is 1.21 bits per heavy atom. The maximum atomic E-state index is 6.12. The predicted molar refractivity (Wildman–Crippen MR) is 104 cm³/mol. The normalized spacial score (nSPS) is 19.0. The fourth-order valence-corrected chi connectivity index (χ4v) is 3.28. The largest absolute Gasteiger partial charge is 0.497 e. The van der Waals surface area contributed by atoms with Gasteiger partial charge in [0.25, 0.3) is 0 Å². The first-order chi connectivity index (χ1) is 13.8. The molecule has 144 valence electrons. The number of benzene rings is 3. The van der Waals surface area contributed by atoms with E-state index in [-0.39, 0.29) is 5.92 Å². The van der Waals surface area contributed by atoms with E-state index in [1.165, 1.54) is 0 Å². The topological polar surface area (TPSA) is 46.2 Å². The van der Waals surface area contributed by atoms with E-state index in [4.69, 9.17) is 24.0 Å². The van der Waals surface area contributed by atoms with Gasteiger partial charge in [-0.15, -0.1) is 0 Å². The van der Waals surface area contributed by atoms with Gasteiger partial charge in [-0.3, -0.25) is 0 Å². The summed E-state index contributed by atoms with van der Waals surface area (Å²) in [4.78, 5) is 11.1. The van der Waals surface area contributed by atoms with Crippen molar-refractivity contribution in [2.45, 2.75) is 18.5 Å². The Labute approximate surface area is 164 Å². The third-order valence-electron chi connectivity index (χ3n) is 4.79. The molecule has 2 atom stereocenters. The fraction of sp³-hybridized carbons (Fsp3) is 0.217. The van der Waals surface area contributed by atoms with Gasteiger partial charge in [-0.25, -0.2) is 4.89 Å². The first-order valence-corrected chi connectivity index (χ1v) is 9.09. The van der Waals surface area contributed by atoms with Crippen LogP contribution in [0.4, 0.5) is 0 Å². The van der Waals surface area contributed by atoms with Crippen molar-refractivity contribution in [3.8, 4) is 11.5 Å². The zero-order valence-electron chi connectivity index (χ0n) is 15.8. The van der Waals surface area contributed by atoms with E-state index in [1.807, 2.05) is 78.9 Å². The minimum atomic E-state index is -0.591. The van der Waals surface area contributed by atoms with Crippen molar-refractivity contribution in [2.24, 2.45) is 0 Å². The van der Waals surface area contributed by atoms with E-state index in [0.717, 1.165) is 28.2 Å². The van der Waals surface area contributed by atoms with Gasteiger partial charge in [0, 0.05) is 5.56 Å². The van der Waals surface area contributed by atoms with E-state index in [0.29, 0.717) is 0 Å². The SMILES string of the molecule is COc1ccc(C(c2ccc(OC)cc2)C2OOC(c3ccccc3)O2)cc1.